The normalized spacial score (nSPS) is 21.2. The molecular formula is C22H21F4N5O5S3. The molecule has 210 valence electrons. The molecule has 1 N–H and O–H groups in total. The topological polar surface area (TPSA) is 122 Å². The van der Waals surface area contributed by atoms with Gasteiger partial charge in [-0.2, -0.15) is 21.9 Å². The maximum absolute atomic E-state index is 13.6. The molecule has 0 saturated carbocycles. The number of rotatable bonds is 6. The van der Waals surface area contributed by atoms with Gasteiger partial charge in [-0.1, -0.05) is 18.2 Å². The largest absolute Gasteiger partial charge is 0.511 e. The highest BCUT2D eigenvalue weighted by Gasteiger charge is 2.52. The molecule has 1 saturated heterocycles. The molecule has 1 fully saturated rings. The number of piperazine rings is 1. The molecule has 17 heteroatoms. The van der Waals surface area contributed by atoms with E-state index in [1.54, 1.807) is 6.07 Å². The van der Waals surface area contributed by atoms with Crippen LogP contribution in [0.15, 0.2) is 53.7 Å². The van der Waals surface area contributed by atoms with E-state index in [0.717, 1.165) is 23.7 Å². The van der Waals surface area contributed by atoms with Gasteiger partial charge in [0.1, 0.15) is 17.9 Å². The summed E-state index contributed by atoms with van der Waals surface area (Å²) in [6, 6.07) is 8.15. The summed E-state index contributed by atoms with van der Waals surface area (Å²) in [4.78, 5) is 5.57. The highest BCUT2D eigenvalue weighted by atomic mass is 32.2. The molecule has 0 amide bonds. The lowest BCUT2D eigenvalue weighted by Gasteiger charge is -2.46. The number of aromatic nitrogens is 2. The van der Waals surface area contributed by atoms with E-state index in [9.17, 15) is 34.4 Å². The molecule has 10 nitrogen and oxygen atoms in total. The first-order valence-electron chi connectivity index (χ1n) is 11.5. The number of ether oxygens (including phenoxy) is 1. The Morgan fingerprint density at radius 2 is 1.77 bits per heavy atom. The number of anilines is 1. The van der Waals surface area contributed by atoms with Crippen molar-refractivity contribution in [3.05, 3.63) is 65.7 Å². The third kappa shape index (κ3) is 5.45. The molecule has 0 unspecified atom stereocenters. The van der Waals surface area contributed by atoms with Crippen molar-refractivity contribution in [1.29, 1.82) is 0 Å². The van der Waals surface area contributed by atoms with Crippen LogP contribution in [-0.4, -0.2) is 67.1 Å². The molecule has 2 aromatic carbocycles. The van der Waals surface area contributed by atoms with E-state index in [1.165, 1.54) is 30.6 Å². The minimum Gasteiger partial charge on any atom is -0.493 e. The zero-order chi connectivity index (χ0) is 28.0. The van der Waals surface area contributed by atoms with E-state index in [4.69, 9.17) is 4.74 Å². The van der Waals surface area contributed by atoms with Gasteiger partial charge in [0.15, 0.2) is 0 Å². The summed E-state index contributed by atoms with van der Waals surface area (Å²) in [7, 11) is -9.59. The quantitative estimate of drug-likeness (QED) is 0.423. The Balaban J connectivity index is 1.48. The van der Waals surface area contributed by atoms with E-state index < -0.39 is 56.5 Å². The molecule has 3 heterocycles. The van der Waals surface area contributed by atoms with Crippen LogP contribution in [0, 0.1) is 5.82 Å². The first-order valence-corrected chi connectivity index (χ1v) is 15.2. The Labute approximate surface area is 225 Å². The molecular weight excluding hydrogens is 586 g/mol. The number of halogens is 4. The van der Waals surface area contributed by atoms with Gasteiger partial charge >= 0.3 is 15.5 Å². The van der Waals surface area contributed by atoms with Crippen LogP contribution in [0.4, 0.5) is 22.7 Å². The van der Waals surface area contributed by atoms with Crippen LogP contribution in [0.5, 0.6) is 5.75 Å². The van der Waals surface area contributed by atoms with Crippen molar-refractivity contribution in [3.63, 3.8) is 0 Å². The summed E-state index contributed by atoms with van der Waals surface area (Å²) >= 11 is 0.865. The minimum absolute atomic E-state index is 0.0554. The lowest BCUT2D eigenvalue weighted by atomic mass is 9.94. The number of hydrogen-bond acceptors (Lipinski definition) is 9. The van der Waals surface area contributed by atoms with Gasteiger partial charge in [-0.05, 0) is 23.8 Å². The zero-order valence-electron chi connectivity index (χ0n) is 19.9. The maximum atomic E-state index is 13.6. The van der Waals surface area contributed by atoms with Crippen molar-refractivity contribution in [2.75, 3.05) is 31.0 Å². The summed E-state index contributed by atoms with van der Waals surface area (Å²) in [5, 5.41) is 0.0836. The Morgan fingerprint density at radius 3 is 2.44 bits per heavy atom. The van der Waals surface area contributed by atoms with E-state index >= 15 is 0 Å². The molecule has 0 bridgehead atoms. The predicted octanol–water partition coefficient (Wildman–Crippen LogP) is 3.51. The van der Waals surface area contributed by atoms with Crippen molar-refractivity contribution >= 4 is 36.7 Å². The smallest absolute Gasteiger partial charge is 0.493 e. The van der Waals surface area contributed by atoms with Gasteiger partial charge < -0.3 is 4.74 Å². The minimum atomic E-state index is -5.58. The van der Waals surface area contributed by atoms with Gasteiger partial charge in [-0.25, -0.2) is 26.2 Å². The van der Waals surface area contributed by atoms with Gasteiger partial charge in [0.2, 0.25) is 5.13 Å². The van der Waals surface area contributed by atoms with E-state index in [-0.39, 0.29) is 28.9 Å². The van der Waals surface area contributed by atoms with Crippen molar-refractivity contribution in [1.82, 2.24) is 18.6 Å². The van der Waals surface area contributed by atoms with Crippen molar-refractivity contribution < 1.29 is 39.1 Å². The fourth-order valence-corrected chi connectivity index (χ4v) is 7.37. The lowest BCUT2D eigenvalue weighted by Crippen LogP contribution is -2.54. The molecule has 39 heavy (non-hydrogen) atoms. The molecule has 0 aliphatic carbocycles. The summed E-state index contributed by atoms with van der Waals surface area (Å²) in [6.07, 6.45) is 1.62. The molecule has 2 atom stereocenters. The highest BCUT2D eigenvalue weighted by molar-refractivity contribution is 7.93. The fraction of sp³-hybridized carbons (Fsp3) is 0.364. The number of alkyl halides is 3. The average molecular weight is 608 g/mol. The van der Waals surface area contributed by atoms with Crippen LogP contribution in [0.3, 0.4) is 0 Å². The Bertz CT molecular complexity index is 1550. The molecule has 0 spiro atoms. The monoisotopic (exact) mass is 607 g/mol. The van der Waals surface area contributed by atoms with Gasteiger partial charge in [-0.3, -0.25) is 9.62 Å². The number of sulfonamides is 2. The van der Waals surface area contributed by atoms with E-state index in [0.29, 0.717) is 21.9 Å². The number of nitrogens with one attached hydrogen (secondary N) is 1. The second-order valence-corrected chi connectivity index (χ2v) is 13.2. The van der Waals surface area contributed by atoms with Crippen LogP contribution >= 0.6 is 11.5 Å². The Hall–Kier alpha value is -2.86. The van der Waals surface area contributed by atoms with Gasteiger partial charge in [0, 0.05) is 61.3 Å². The summed E-state index contributed by atoms with van der Waals surface area (Å²) < 4.78 is 116. The molecule has 2 aliphatic heterocycles. The van der Waals surface area contributed by atoms with E-state index in [1.807, 2.05) is 4.90 Å². The number of nitrogens with zero attached hydrogens (tertiary/aromatic N) is 4. The second-order valence-electron chi connectivity index (χ2n) is 8.82. The third-order valence-corrected chi connectivity index (χ3v) is 10.2. The SMILES string of the molecule is O=S(=O)(Nc1ncns1)c1ccc2c(c1)OCC[C@@H]2N1CCN(S(=O)(=O)C(F)(F)F)C[C@H]1c1ccc(F)cc1. The first-order chi connectivity index (χ1) is 18.4. The van der Waals surface area contributed by atoms with Gasteiger partial charge in [-0.15, -0.1) is 0 Å². The number of benzene rings is 2. The molecule has 1 aromatic heterocycles. The van der Waals surface area contributed by atoms with Gasteiger partial charge in [0.25, 0.3) is 10.0 Å². The van der Waals surface area contributed by atoms with Crippen LogP contribution in [-0.2, 0) is 20.0 Å². The molecule has 2 aliphatic rings. The van der Waals surface area contributed by atoms with Crippen LogP contribution < -0.4 is 9.46 Å². The number of hydrogen-bond donors (Lipinski definition) is 1. The van der Waals surface area contributed by atoms with Crippen LogP contribution in [0.2, 0.25) is 0 Å². The van der Waals surface area contributed by atoms with Crippen LogP contribution in [0.25, 0.3) is 0 Å². The first kappa shape index (κ1) is 27.7. The Kier molecular flexibility index (Phi) is 7.30. The summed E-state index contributed by atoms with van der Waals surface area (Å²) in [6.45, 7) is -0.787. The molecule has 0 radical (unpaired) electrons. The standard InChI is InChI=1S/C22H21F4N5O5S3/c23-15-3-1-14(2-4-15)19-12-30(39(34,35)22(24,25)26)8-9-31(19)18-7-10-36-20-11-16(5-6-17(18)20)38(32,33)29-21-27-13-28-37-21/h1-6,11,13,18-19H,7-10,12H2,(H,27,28,29)/t18-,19-/m0/s1. The van der Waals surface area contributed by atoms with Gasteiger partial charge in [0.05, 0.1) is 11.5 Å². The molecule has 5 rings (SSSR count). The van der Waals surface area contributed by atoms with Crippen molar-refractivity contribution in [2.45, 2.75) is 28.9 Å². The highest BCUT2D eigenvalue weighted by Crippen LogP contribution is 2.43. The third-order valence-electron chi connectivity index (χ3n) is 6.56. The number of fused-ring (bicyclic) bond motifs is 1. The Morgan fingerprint density at radius 1 is 1.03 bits per heavy atom. The summed E-state index contributed by atoms with van der Waals surface area (Å²) in [5.41, 5.74) is -4.43. The summed E-state index contributed by atoms with van der Waals surface area (Å²) in [5.74, 6) is -0.275. The van der Waals surface area contributed by atoms with Crippen molar-refractivity contribution in [2.24, 2.45) is 0 Å². The zero-order valence-corrected chi connectivity index (χ0v) is 22.3. The lowest BCUT2D eigenvalue weighted by molar-refractivity contribution is -0.0521. The maximum Gasteiger partial charge on any atom is 0.511 e. The average Bonchev–Trinajstić information content (AvgIpc) is 3.40. The fourth-order valence-electron chi connectivity index (χ4n) is 4.75. The second kappa shape index (κ2) is 10.3. The van der Waals surface area contributed by atoms with E-state index in [2.05, 4.69) is 14.1 Å². The van der Waals surface area contributed by atoms with Crippen LogP contribution in [0.1, 0.15) is 29.6 Å². The predicted molar refractivity (Wildman–Crippen MR) is 132 cm³/mol. The molecule has 3 aromatic rings. The van der Waals surface area contributed by atoms with Crippen molar-refractivity contribution in [3.8, 4) is 5.75 Å².